The first-order valence-corrected chi connectivity index (χ1v) is 6.91. The third-order valence-electron chi connectivity index (χ3n) is 3.55. The smallest absolute Gasteiger partial charge is 0.128 e. The fourth-order valence-corrected chi connectivity index (χ4v) is 2.58. The molecule has 3 nitrogen and oxygen atoms in total. The number of methoxy groups -OCH3 is 1. The summed E-state index contributed by atoms with van der Waals surface area (Å²) in [5.74, 6) is 5.95. The largest absolute Gasteiger partial charge is 0.384 e. The molecule has 1 aromatic carbocycles. The van der Waals surface area contributed by atoms with E-state index in [1.165, 1.54) is 6.07 Å². The molecule has 1 atom stereocenters. The monoisotopic (exact) mass is 276 g/mol. The van der Waals surface area contributed by atoms with Gasteiger partial charge in [-0.1, -0.05) is 17.9 Å². The fourth-order valence-electron chi connectivity index (χ4n) is 2.58. The molecule has 1 aliphatic rings. The third-order valence-corrected chi connectivity index (χ3v) is 3.55. The first kappa shape index (κ1) is 15.0. The fraction of sp³-hybridized carbons (Fsp3) is 0.500. The van der Waals surface area contributed by atoms with Crippen molar-refractivity contribution in [2.75, 3.05) is 33.4 Å². The van der Waals surface area contributed by atoms with Gasteiger partial charge in [-0.15, -0.1) is 0 Å². The highest BCUT2D eigenvalue weighted by Gasteiger charge is 2.22. The van der Waals surface area contributed by atoms with E-state index in [-0.39, 0.29) is 12.4 Å². The predicted octanol–water partition coefficient (Wildman–Crippen LogP) is 1.60. The number of benzene rings is 1. The molecule has 0 radical (unpaired) electrons. The summed E-state index contributed by atoms with van der Waals surface area (Å²) in [5, 5.41) is 0. The minimum atomic E-state index is -0.191. The normalized spacial score (nSPS) is 18.9. The van der Waals surface area contributed by atoms with Crippen LogP contribution in [-0.4, -0.2) is 38.3 Å². The van der Waals surface area contributed by atoms with E-state index in [1.54, 1.807) is 7.11 Å². The lowest BCUT2D eigenvalue weighted by Crippen LogP contribution is -2.21. The summed E-state index contributed by atoms with van der Waals surface area (Å²) in [6.45, 7) is 3.70. The third kappa shape index (κ3) is 4.04. The Morgan fingerprint density at radius 1 is 1.50 bits per heavy atom. The molecule has 0 aliphatic carbocycles. The number of nitrogens with zero attached hydrogens (tertiary/aromatic N) is 1. The molecule has 2 rings (SSSR count). The number of ether oxygens (including phenoxy) is 1. The molecule has 0 bridgehead atoms. The molecule has 4 heteroatoms. The Hall–Kier alpha value is -1.41. The first-order valence-electron chi connectivity index (χ1n) is 6.91. The summed E-state index contributed by atoms with van der Waals surface area (Å²) >= 11 is 0. The van der Waals surface area contributed by atoms with Crippen LogP contribution in [0.1, 0.15) is 17.5 Å². The van der Waals surface area contributed by atoms with Crippen LogP contribution in [-0.2, 0) is 11.3 Å². The van der Waals surface area contributed by atoms with Crippen LogP contribution in [0.3, 0.4) is 0 Å². The molecule has 1 heterocycles. The van der Waals surface area contributed by atoms with Crippen LogP contribution in [0.25, 0.3) is 0 Å². The zero-order valence-electron chi connectivity index (χ0n) is 11.9. The molecule has 0 amide bonds. The Bertz CT molecular complexity index is 507. The molecule has 0 aromatic heterocycles. The van der Waals surface area contributed by atoms with E-state index in [9.17, 15) is 4.39 Å². The van der Waals surface area contributed by atoms with Gasteiger partial charge < -0.3 is 10.5 Å². The lowest BCUT2D eigenvalue weighted by molar-refractivity contribution is 0.152. The van der Waals surface area contributed by atoms with Gasteiger partial charge in [-0.25, -0.2) is 4.39 Å². The van der Waals surface area contributed by atoms with Gasteiger partial charge in [0, 0.05) is 31.3 Å². The van der Waals surface area contributed by atoms with E-state index in [1.807, 2.05) is 12.1 Å². The topological polar surface area (TPSA) is 38.5 Å². The summed E-state index contributed by atoms with van der Waals surface area (Å²) in [5.41, 5.74) is 6.71. The number of halogens is 1. The molecular formula is C16H21FN2O. The summed E-state index contributed by atoms with van der Waals surface area (Å²) in [7, 11) is 1.73. The van der Waals surface area contributed by atoms with Gasteiger partial charge in [-0.3, -0.25) is 4.90 Å². The van der Waals surface area contributed by atoms with Gasteiger partial charge in [0.25, 0.3) is 0 Å². The Kier molecular flexibility index (Phi) is 5.54. The second-order valence-corrected chi connectivity index (χ2v) is 5.16. The van der Waals surface area contributed by atoms with E-state index in [4.69, 9.17) is 10.5 Å². The molecule has 1 unspecified atom stereocenters. The summed E-state index contributed by atoms with van der Waals surface area (Å²) in [6, 6.07) is 5.16. The summed E-state index contributed by atoms with van der Waals surface area (Å²) in [4.78, 5) is 2.27. The minimum absolute atomic E-state index is 0.191. The van der Waals surface area contributed by atoms with E-state index < -0.39 is 0 Å². The zero-order valence-corrected chi connectivity index (χ0v) is 11.9. The van der Waals surface area contributed by atoms with Gasteiger partial charge in [-0.05, 0) is 31.0 Å². The van der Waals surface area contributed by atoms with Crippen molar-refractivity contribution in [1.29, 1.82) is 0 Å². The van der Waals surface area contributed by atoms with Crippen molar-refractivity contribution in [3.63, 3.8) is 0 Å². The van der Waals surface area contributed by atoms with Crippen molar-refractivity contribution in [3.8, 4) is 11.8 Å². The Morgan fingerprint density at radius 2 is 2.35 bits per heavy atom. The standard InChI is InChI=1S/C16H21FN2O/c1-20-12-14-6-8-19(10-14)11-15-5-4-13(3-2-7-18)9-16(15)17/h4-5,9,14H,6-8,10-12,18H2,1H3. The second-order valence-electron chi connectivity index (χ2n) is 5.16. The van der Waals surface area contributed by atoms with E-state index >= 15 is 0 Å². The van der Waals surface area contributed by atoms with Crippen LogP contribution >= 0.6 is 0 Å². The highest BCUT2D eigenvalue weighted by molar-refractivity contribution is 5.37. The molecule has 20 heavy (non-hydrogen) atoms. The van der Waals surface area contributed by atoms with Crippen molar-refractivity contribution in [2.45, 2.75) is 13.0 Å². The Balaban J connectivity index is 1.97. The maximum atomic E-state index is 14.0. The number of likely N-dealkylation sites (tertiary alicyclic amines) is 1. The van der Waals surface area contributed by atoms with Gasteiger partial charge in [0.1, 0.15) is 5.82 Å². The van der Waals surface area contributed by atoms with Gasteiger partial charge in [0.2, 0.25) is 0 Å². The van der Waals surface area contributed by atoms with Crippen molar-refractivity contribution >= 4 is 0 Å². The van der Waals surface area contributed by atoms with Gasteiger partial charge in [0.15, 0.2) is 0 Å². The van der Waals surface area contributed by atoms with E-state index in [0.29, 0.717) is 18.0 Å². The molecule has 1 saturated heterocycles. The lowest BCUT2D eigenvalue weighted by atomic mass is 10.1. The van der Waals surface area contributed by atoms with Crippen LogP contribution in [0.2, 0.25) is 0 Å². The maximum absolute atomic E-state index is 14.0. The SMILES string of the molecule is COCC1CCN(Cc2ccc(C#CCN)cc2F)C1. The summed E-state index contributed by atoms with van der Waals surface area (Å²) in [6.07, 6.45) is 1.12. The molecule has 1 fully saturated rings. The van der Waals surface area contributed by atoms with Crippen molar-refractivity contribution in [2.24, 2.45) is 11.7 Å². The van der Waals surface area contributed by atoms with Crippen molar-refractivity contribution < 1.29 is 9.13 Å². The molecule has 1 aliphatic heterocycles. The highest BCUT2D eigenvalue weighted by atomic mass is 19.1. The predicted molar refractivity (Wildman–Crippen MR) is 77.6 cm³/mol. The van der Waals surface area contributed by atoms with Gasteiger partial charge in [0.05, 0.1) is 13.2 Å². The first-order chi connectivity index (χ1) is 9.72. The quantitative estimate of drug-likeness (QED) is 0.849. The number of hydrogen-bond acceptors (Lipinski definition) is 3. The minimum Gasteiger partial charge on any atom is -0.384 e. The van der Waals surface area contributed by atoms with Crippen LogP contribution in [0, 0.1) is 23.6 Å². The van der Waals surface area contributed by atoms with E-state index in [2.05, 4.69) is 16.7 Å². The van der Waals surface area contributed by atoms with Crippen LogP contribution in [0.4, 0.5) is 4.39 Å². The number of nitrogens with two attached hydrogens (primary N) is 1. The average molecular weight is 276 g/mol. The second kappa shape index (κ2) is 7.39. The lowest BCUT2D eigenvalue weighted by Gasteiger charge is -2.16. The zero-order chi connectivity index (χ0) is 14.4. The highest BCUT2D eigenvalue weighted by Crippen LogP contribution is 2.20. The number of rotatable bonds is 4. The molecule has 1 aromatic rings. The van der Waals surface area contributed by atoms with Crippen molar-refractivity contribution in [1.82, 2.24) is 4.90 Å². The Labute approximate surface area is 119 Å². The van der Waals surface area contributed by atoms with Crippen molar-refractivity contribution in [3.05, 3.63) is 35.1 Å². The van der Waals surface area contributed by atoms with Gasteiger partial charge >= 0.3 is 0 Å². The number of hydrogen-bond donors (Lipinski definition) is 1. The average Bonchev–Trinajstić information content (AvgIpc) is 2.87. The summed E-state index contributed by atoms with van der Waals surface area (Å²) < 4.78 is 19.2. The molecule has 0 saturated carbocycles. The van der Waals surface area contributed by atoms with Crippen LogP contribution < -0.4 is 5.73 Å². The maximum Gasteiger partial charge on any atom is 0.128 e. The Morgan fingerprint density at radius 3 is 3.05 bits per heavy atom. The van der Waals surface area contributed by atoms with Crippen LogP contribution in [0.15, 0.2) is 18.2 Å². The van der Waals surface area contributed by atoms with E-state index in [0.717, 1.165) is 31.7 Å². The van der Waals surface area contributed by atoms with Gasteiger partial charge in [-0.2, -0.15) is 0 Å². The molecule has 108 valence electrons. The molecule has 2 N–H and O–H groups in total. The molecule has 0 spiro atoms. The molecular weight excluding hydrogens is 255 g/mol. The van der Waals surface area contributed by atoms with Crippen LogP contribution in [0.5, 0.6) is 0 Å².